The highest BCUT2D eigenvalue weighted by molar-refractivity contribution is 5.91. The topological polar surface area (TPSA) is 52.6 Å². The molecule has 4 heteroatoms. The van der Waals surface area contributed by atoms with Gasteiger partial charge >= 0.3 is 11.9 Å². The normalized spacial score (nSPS) is 10.3. The molecule has 0 aromatic heterocycles. The number of rotatable bonds is 4. The van der Waals surface area contributed by atoms with E-state index in [0.29, 0.717) is 11.3 Å². The fourth-order valence-electron chi connectivity index (χ4n) is 1.68. The van der Waals surface area contributed by atoms with Crippen molar-refractivity contribution in [2.45, 2.75) is 0 Å². The van der Waals surface area contributed by atoms with Gasteiger partial charge in [-0.2, -0.15) is 0 Å². The molecule has 106 valence electrons. The van der Waals surface area contributed by atoms with Gasteiger partial charge in [0.1, 0.15) is 5.75 Å². The molecule has 0 N–H and O–H groups in total. The summed E-state index contributed by atoms with van der Waals surface area (Å²) in [4.78, 5) is 23.1. The molecular weight excluding hydrogens is 268 g/mol. The fourth-order valence-corrected chi connectivity index (χ4v) is 1.68. The van der Waals surface area contributed by atoms with Crippen molar-refractivity contribution in [3.8, 4) is 5.75 Å². The van der Waals surface area contributed by atoms with Crippen molar-refractivity contribution < 1.29 is 19.1 Å². The molecule has 0 atom stereocenters. The second-order valence-electron chi connectivity index (χ2n) is 4.18. The molecule has 0 unspecified atom stereocenters. The van der Waals surface area contributed by atoms with E-state index in [4.69, 9.17) is 4.74 Å². The SMILES string of the molecule is COC(=O)c1cccc(OC(=O)C=Cc2ccccc2)c1. The zero-order valence-corrected chi connectivity index (χ0v) is 11.5. The number of ether oxygens (including phenoxy) is 2. The van der Waals surface area contributed by atoms with E-state index in [0.717, 1.165) is 5.56 Å². The standard InChI is InChI=1S/C17H14O4/c1-20-17(19)14-8-5-9-15(12-14)21-16(18)11-10-13-6-3-2-4-7-13/h2-12H,1H3. The quantitative estimate of drug-likeness (QED) is 0.491. The van der Waals surface area contributed by atoms with Crippen LogP contribution in [0.15, 0.2) is 60.7 Å². The second kappa shape index (κ2) is 7.05. The average molecular weight is 282 g/mol. The summed E-state index contributed by atoms with van der Waals surface area (Å²) in [5.41, 5.74) is 1.23. The van der Waals surface area contributed by atoms with Gasteiger partial charge in [-0.15, -0.1) is 0 Å². The minimum absolute atomic E-state index is 0.292. The molecule has 4 nitrogen and oxygen atoms in total. The van der Waals surface area contributed by atoms with E-state index in [1.165, 1.54) is 19.3 Å². The van der Waals surface area contributed by atoms with Crippen LogP contribution in [0.3, 0.4) is 0 Å². The Balaban J connectivity index is 2.03. The lowest BCUT2D eigenvalue weighted by atomic mass is 10.2. The average Bonchev–Trinajstić information content (AvgIpc) is 2.53. The predicted molar refractivity (Wildman–Crippen MR) is 78.9 cm³/mol. The van der Waals surface area contributed by atoms with Gasteiger partial charge in [0, 0.05) is 6.08 Å². The van der Waals surface area contributed by atoms with Crippen LogP contribution >= 0.6 is 0 Å². The lowest BCUT2D eigenvalue weighted by Gasteiger charge is -2.03. The summed E-state index contributed by atoms with van der Waals surface area (Å²) in [6, 6.07) is 15.7. The summed E-state index contributed by atoms with van der Waals surface area (Å²) in [5, 5.41) is 0. The van der Waals surface area contributed by atoms with Gasteiger partial charge in [0.15, 0.2) is 0 Å². The summed E-state index contributed by atoms with van der Waals surface area (Å²) in [7, 11) is 1.30. The minimum Gasteiger partial charge on any atom is -0.465 e. The van der Waals surface area contributed by atoms with Crippen molar-refractivity contribution >= 4 is 18.0 Å². The molecule has 0 spiro atoms. The molecule has 0 aliphatic heterocycles. The molecule has 0 saturated heterocycles. The van der Waals surface area contributed by atoms with E-state index in [1.807, 2.05) is 30.3 Å². The number of carbonyl (C=O) groups is 2. The van der Waals surface area contributed by atoms with Crippen molar-refractivity contribution in [3.05, 3.63) is 71.8 Å². The molecule has 0 amide bonds. The van der Waals surface area contributed by atoms with Crippen molar-refractivity contribution in [2.24, 2.45) is 0 Å². The smallest absolute Gasteiger partial charge is 0.337 e. The van der Waals surface area contributed by atoms with Crippen LogP contribution in [0, 0.1) is 0 Å². The maximum Gasteiger partial charge on any atom is 0.337 e. The first kappa shape index (κ1) is 14.5. The van der Waals surface area contributed by atoms with Gasteiger partial charge in [-0.3, -0.25) is 0 Å². The van der Waals surface area contributed by atoms with Crippen molar-refractivity contribution in [1.29, 1.82) is 0 Å². The molecule has 2 aromatic carbocycles. The van der Waals surface area contributed by atoms with Crippen LogP contribution in [0.5, 0.6) is 5.75 Å². The Morgan fingerprint density at radius 3 is 2.48 bits per heavy atom. The van der Waals surface area contributed by atoms with Gasteiger partial charge in [0.05, 0.1) is 12.7 Å². The van der Waals surface area contributed by atoms with Crippen molar-refractivity contribution in [3.63, 3.8) is 0 Å². The Bertz CT molecular complexity index is 660. The van der Waals surface area contributed by atoms with Crippen LogP contribution in [-0.2, 0) is 9.53 Å². The Morgan fingerprint density at radius 1 is 1.00 bits per heavy atom. The van der Waals surface area contributed by atoms with Crippen LogP contribution in [0.25, 0.3) is 6.08 Å². The number of hydrogen-bond donors (Lipinski definition) is 0. The largest absolute Gasteiger partial charge is 0.465 e. The van der Waals surface area contributed by atoms with Crippen LogP contribution in [0.1, 0.15) is 15.9 Å². The minimum atomic E-state index is -0.513. The molecule has 0 radical (unpaired) electrons. The first-order valence-electron chi connectivity index (χ1n) is 6.32. The monoisotopic (exact) mass is 282 g/mol. The van der Waals surface area contributed by atoms with Gasteiger partial charge in [0.25, 0.3) is 0 Å². The third-order valence-corrected chi connectivity index (χ3v) is 2.69. The Kier molecular flexibility index (Phi) is 4.88. The third-order valence-electron chi connectivity index (χ3n) is 2.69. The first-order valence-corrected chi connectivity index (χ1v) is 6.32. The van der Waals surface area contributed by atoms with Gasteiger partial charge in [-0.1, -0.05) is 36.4 Å². The van der Waals surface area contributed by atoms with Gasteiger partial charge in [-0.25, -0.2) is 9.59 Å². The zero-order chi connectivity index (χ0) is 15.1. The van der Waals surface area contributed by atoms with E-state index < -0.39 is 11.9 Å². The predicted octanol–water partition coefficient (Wildman–Crippen LogP) is 3.09. The molecule has 0 saturated carbocycles. The van der Waals surface area contributed by atoms with E-state index in [9.17, 15) is 9.59 Å². The molecule has 2 rings (SSSR count). The van der Waals surface area contributed by atoms with Crippen LogP contribution in [-0.4, -0.2) is 19.0 Å². The summed E-state index contributed by atoms with van der Waals surface area (Å²) in [6.07, 6.45) is 2.99. The van der Waals surface area contributed by atoms with Crippen LogP contribution in [0.2, 0.25) is 0 Å². The van der Waals surface area contributed by atoms with Crippen LogP contribution < -0.4 is 4.74 Å². The van der Waals surface area contributed by atoms with Gasteiger partial charge in [0.2, 0.25) is 0 Å². The lowest BCUT2D eigenvalue weighted by Crippen LogP contribution is -2.06. The number of carbonyl (C=O) groups excluding carboxylic acids is 2. The molecular formula is C17H14O4. The lowest BCUT2D eigenvalue weighted by molar-refractivity contribution is -0.128. The van der Waals surface area contributed by atoms with E-state index in [-0.39, 0.29) is 0 Å². The molecule has 0 heterocycles. The first-order chi connectivity index (χ1) is 10.2. The number of hydrogen-bond acceptors (Lipinski definition) is 4. The molecule has 0 fully saturated rings. The van der Waals surface area contributed by atoms with E-state index >= 15 is 0 Å². The maximum atomic E-state index is 11.7. The number of esters is 2. The summed E-state index contributed by atoms with van der Waals surface area (Å²) in [6.45, 7) is 0. The van der Waals surface area contributed by atoms with Crippen molar-refractivity contribution in [1.82, 2.24) is 0 Å². The van der Waals surface area contributed by atoms with Gasteiger partial charge in [-0.05, 0) is 29.8 Å². The number of benzene rings is 2. The van der Waals surface area contributed by atoms with Crippen LogP contribution in [0.4, 0.5) is 0 Å². The summed E-state index contributed by atoms with van der Waals surface area (Å²) in [5.74, 6) is -0.700. The van der Waals surface area contributed by atoms with Crippen molar-refractivity contribution in [2.75, 3.05) is 7.11 Å². The second-order valence-corrected chi connectivity index (χ2v) is 4.18. The maximum absolute atomic E-state index is 11.7. The fraction of sp³-hybridized carbons (Fsp3) is 0.0588. The Morgan fingerprint density at radius 2 is 1.76 bits per heavy atom. The zero-order valence-electron chi connectivity index (χ0n) is 11.5. The highest BCUT2D eigenvalue weighted by Crippen LogP contribution is 2.14. The molecule has 2 aromatic rings. The van der Waals surface area contributed by atoms with Gasteiger partial charge < -0.3 is 9.47 Å². The highest BCUT2D eigenvalue weighted by Gasteiger charge is 2.07. The molecule has 0 aliphatic carbocycles. The number of methoxy groups -OCH3 is 1. The summed E-state index contributed by atoms with van der Waals surface area (Å²) < 4.78 is 9.75. The molecule has 0 bridgehead atoms. The summed E-state index contributed by atoms with van der Waals surface area (Å²) >= 11 is 0. The molecule has 21 heavy (non-hydrogen) atoms. The van der Waals surface area contributed by atoms with E-state index in [1.54, 1.807) is 24.3 Å². The third kappa shape index (κ3) is 4.31. The van der Waals surface area contributed by atoms with E-state index in [2.05, 4.69) is 4.74 Å². The Hall–Kier alpha value is -2.88. The Labute approximate surface area is 122 Å². The highest BCUT2D eigenvalue weighted by atomic mass is 16.5. The molecule has 0 aliphatic rings.